The topological polar surface area (TPSA) is 32.3 Å². The first-order valence-corrected chi connectivity index (χ1v) is 8.93. The van der Waals surface area contributed by atoms with Gasteiger partial charge in [0.15, 0.2) is 0 Å². The molecule has 118 valence electrons. The molecule has 3 aliphatic rings. The van der Waals surface area contributed by atoms with Crippen molar-refractivity contribution in [2.75, 3.05) is 19.6 Å². The smallest absolute Gasteiger partial charge is 0.254 e. The minimum absolute atomic E-state index is 0.281. The van der Waals surface area contributed by atoms with E-state index in [4.69, 9.17) is 0 Å². The minimum Gasteiger partial charge on any atom is -0.334 e. The highest BCUT2D eigenvalue weighted by Crippen LogP contribution is 2.39. The highest BCUT2D eigenvalue weighted by molar-refractivity contribution is 5.96. The lowest BCUT2D eigenvalue weighted by Gasteiger charge is -2.32. The van der Waals surface area contributed by atoms with E-state index in [2.05, 4.69) is 28.4 Å². The van der Waals surface area contributed by atoms with E-state index in [0.29, 0.717) is 12.0 Å². The summed E-state index contributed by atoms with van der Waals surface area (Å²) in [7, 11) is 0. The highest BCUT2D eigenvalue weighted by atomic mass is 16.2. The molecule has 0 aromatic heterocycles. The summed E-state index contributed by atoms with van der Waals surface area (Å²) in [6.45, 7) is 2.97. The van der Waals surface area contributed by atoms with Gasteiger partial charge in [0.1, 0.15) is 0 Å². The molecule has 3 nitrogen and oxygen atoms in total. The van der Waals surface area contributed by atoms with Crippen LogP contribution in [0.25, 0.3) is 0 Å². The molecular weight excluding hydrogens is 272 g/mol. The van der Waals surface area contributed by atoms with E-state index < -0.39 is 0 Å². The van der Waals surface area contributed by atoms with Crippen LogP contribution in [0.3, 0.4) is 0 Å². The standard InChI is InChI=1S/C19H26N2O/c22-19(18-7-2-1-6-17(18)15-4-3-5-15)21(13-14-8-9-14)16-10-11-20-12-16/h1-2,6-7,14-16,20H,3-5,8-13H2. The quantitative estimate of drug-likeness (QED) is 0.905. The van der Waals surface area contributed by atoms with Gasteiger partial charge in [0.05, 0.1) is 0 Å². The van der Waals surface area contributed by atoms with Crippen molar-refractivity contribution in [3.05, 3.63) is 35.4 Å². The number of nitrogens with one attached hydrogen (secondary N) is 1. The fourth-order valence-electron chi connectivity index (χ4n) is 3.80. The molecule has 3 fully saturated rings. The van der Waals surface area contributed by atoms with Gasteiger partial charge in [0.25, 0.3) is 5.91 Å². The van der Waals surface area contributed by atoms with Crippen molar-refractivity contribution in [1.82, 2.24) is 10.2 Å². The third-order valence-corrected chi connectivity index (χ3v) is 5.62. The summed E-state index contributed by atoms with van der Waals surface area (Å²) in [5.41, 5.74) is 2.27. The molecule has 0 bridgehead atoms. The van der Waals surface area contributed by atoms with E-state index in [1.807, 2.05) is 6.07 Å². The van der Waals surface area contributed by atoms with Crippen molar-refractivity contribution >= 4 is 5.91 Å². The van der Waals surface area contributed by atoms with Crippen molar-refractivity contribution in [1.29, 1.82) is 0 Å². The Labute approximate surface area is 133 Å². The Morgan fingerprint density at radius 1 is 1.14 bits per heavy atom. The van der Waals surface area contributed by atoms with Crippen LogP contribution >= 0.6 is 0 Å². The lowest BCUT2D eigenvalue weighted by atomic mass is 9.78. The zero-order valence-electron chi connectivity index (χ0n) is 13.3. The number of rotatable bonds is 5. The molecule has 1 atom stereocenters. The number of hydrogen-bond donors (Lipinski definition) is 1. The van der Waals surface area contributed by atoms with Crippen LogP contribution in [0.4, 0.5) is 0 Å². The van der Waals surface area contributed by atoms with Crippen LogP contribution in [0.1, 0.15) is 60.4 Å². The third-order valence-electron chi connectivity index (χ3n) is 5.62. The lowest BCUT2D eigenvalue weighted by Crippen LogP contribution is -2.43. The first kappa shape index (κ1) is 14.3. The van der Waals surface area contributed by atoms with E-state index in [1.165, 1.54) is 37.7 Å². The largest absolute Gasteiger partial charge is 0.334 e. The number of hydrogen-bond acceptors (Lipinski definition) is 2. The predicted octanol–water partition coefficient (Wildman–Crippen LogP) is 3.17. The van der Waals surface area contributed by atoms with Crippen LogP contribution in [0.2, 0.25) is 0 Å². The molecule has 1 aromatic rings. The highest BCUT2D eigenvalue weighted by Gasteiger charge is 2.34. The molecule has 0 spiro atoms. The number of amides is 1. The summed E-state index contributed by atoms with van der Waals surface area (Å²) in [5.74, 6) is 1.65. The first-order chi connectivity index (χ1) is 10.8. The fraction of sp³-hybridized carbons (Fsp3) is 0.632. The van der Waals surface area contributed by atoms with Crippen molar-refractivity contribution in [3.8, 4) is 0 Å². The summed E-state index contributed by atoms with van der Waals surface area (Å²) in [4.78, 5) is 15.4. The lowest BCUT2D eigenvalue weighted by molar-refractivity contribution is 0.0679. The summed E-state index contributed by atoms with van der Waals surface area (Å²) < 4.78 is 0. The Morgan fingerprint density at radius 3 is 2.59 bits per heavy atom. The molecular formula is C19H26N2O. The van der Waals surface area contributed by atoms with Gasteiger partial charge in [-0.25, -0.2) is 0 Å². The average molecular weight is 298 g/mol. The van der Waals surface area contributed by atoms with Crippen molar-refractivity contribution in [2.24, 2.45) is 5.92 Å². The first-order valence-electron chi connectivity index (χ1n) is 8.93. The second-order valence-corrected chi connectivity index (χ2v) is 7.26. The summed E-state index contributed by atoms with van der Waals surface area (Å²) in [6.07, 6.45) is 7.51. The van der Waals surface area contributed by atoms with E-state index in [1.54, 1.807) is 0 Å². The zero-order chi connectivity index (χ0) is 14.9. The molecule has 1 aromatic carbocycles. The summed E-state index contributed by atoms with van der Waals surface area (Å²) in [6, 6.07) is 8.74. The third kappa shape index (κ3) is 2.79. The van der Waals surface area contributed by atoms with Gasteiger partial charge in [-0.2, -0.15) is 0 Å². The molecule has 1 N–H and O–H groups in total. The molecule has 0 radical (unpaired) electrons. The Kier molecular flexibility index (Phi) is 3.91. The Morgan fingerprint density at radius 2 is 1.95 bits per heavy atom. The monoisotopic (exact) mass is 298 g/mol. The van der Waals surface area contributed by atoms with Crippen LogP contribution in [-0.4, -0.2) is 36.5 Å². The Hall–Kier alpha value is -1.35. The van der Waals surface area contributed by atoms with E-state index in [0.717, 1.165) is 37.5 Å². The average Bonchev–Trinajstić information content (AvgIpc) is 3.15. The molecule has 22 heavy (non-hydrogen) atoms. The van der Waals surface area contributed by atoms with Gasteiger partial charge in [0, 0.05) is 24.7 Å². The minimum atomic E-state index is 0.281. The number of nitrogens with zero attached hydrogens (tertiary/aromatic N) is 1. The van der Waals surface area contributed by atoms with Crippen molar-refractivity contribution in [2.45, 2.75) is 50.5 Å². The van der Waals surface area contributed by atoms with Crippen LogP contribution in [0.15, 0.2) is 24.3 Å². The Bertz CT molecular complexity index is 542. The van der Waals surface area contributed by atoms with Crippen LogP contribution < -0.4 is 5.32 Å². The van der Waals surface area contributed by atoms with Gasteiger partial charge in [-0.05, 0) is 62.1 Å². The molecule has 1 aliphatic heterocycles. The van der Waals surface area contributed by atoms with Crippen molar-refractivity contribution in [3.63, 3.8) is 0 Å². The molecule has 1 amide bonds. The molecule has 1 unspecified atom stereocenters. The second-order valence-electron chi connectivity index (χ2n) is 7.26. The van der Waals surface area contributed by atoms with E-state index in [-0.39, 0.29) is 5.91 Å². The SMILES string of the molecule is O=C(c1ccccc1C1CCC1)N(CC1CC1)C1CCNC1. The number of carbonyl (C=O) groups excluding carboxylic acids is 1. The normalized spacial score (nSPS) is 25.0. The van der Waals surface area contributed by atoms with Crippen molar-refractivity contribution < 1.29 is 4.79 Å². The van der Waals surface area contributed by atoms with Gasteiger partial charge in [-0.1, -0.05) is 24.6 Å². The molecule has 1 heterocycles. The van der Waals surface area contributed by atoms with Gasteiger partial charge in [0.2, 0.25) is 0 Å². The maximum Gasteiger partial charge on any atom is 0.254 e. The Balaban J connectivity index is 1.59. The molecule has 2 saturated carbocycles. The summed E-state index contributed by atoms with van der Waals surface area (Å²) >= 11 is 0. The molecule has 2 aliphatic carbocycles. The molecule has 1 saturated heterocycles. The van der Waals surface area contributed by atoms with Crippen LogP contribution in [-0.2, 0) is 0 Å². The maximum absolute atomic E-state index is 13.3. The molecule has 3 heteroatoms. The van der Waals surface area contributed by atoms with Gasteiger partial charge >= 0.3 is 0 Å². The number of carbonyl (C=O) groups is 1. The molecule has 4 rings (SSSR count). The van der Waals surface area contributed by atoms with Gasteiger partial charge in [-0.3, -0.25) is 4.79 Å². The van der Waals surface area contributed by atoms with Gasteiger partial charge < -0.3 is 10.2 Å². The maximum atomic E-state index is 13.3. The predicted molar refractivity (Wildman–Crippen MR) is 88.1 cm³/mol. The zero-order valence-corrected chi connectivity index (χ0v) is 13.3. The fourth-order valence-corrected chi connectivity index (χ4v) is 3.80. The van der Waals surface area contributed by atoms with E-state index in [9.17, 15) is 4.79 Å². The second kappa shape index (κ2) is 6.04. The number of benzene rings is 1. The van der Waals surface area contributed by atoms with Crippen LogP contribution in [0, 0.1) is 5.92 Å². The van der Waals surface area contributed by atoms with Crippen LogP contribution in [0.5, 0.6) is 0 Å². The summed E-state index contributed by atoms with van der Waals surface area (Å²) in [5, 5.41) is 3.42. The van der Waals surface area contributed by atoms with E-state index >= 15 is 0 Å². The van der Waals surface area contributed by atoms with Gasteiger partial charge in [-0.15, -0.1) is 0 Å².